The summed E-state index contributed by atoms with van der Waals surface area (Å²) in [7, 11) is 0. The number of carbonyl (C=O) groups excluding carboxylic acids is 1. The van der Waals surface area contributed by atoms with Crippen LogP contribution < -0.4 is 0 Å². The summed E-state index contributed by atoms with van der Waals surface area (Å²) in [5.41, 5.74) is -1.36. The standard InChI is InChI=1S/C7H9NO6/c1-7-3(8-12)6(11)13-4(7)2(9)5(10)14-7/h2-5,9-10H,1H3/t2?,3-,4?,5?,7?/m0/s1. The summed E-state index contributed by atoms with van der Waals surface area (Å²) >= 11 is 0. The Labute approximate surface area is 78.6 Å². The fourth-order valence-electron chi connectivity index (χ4n) is 1.86. The third-order valence-electron chi connectivity index (χ3n) is 2.66. The molecular formula is C7H9NO6. The maximum Gasteiger partial charge on any atom is 0.338 e. The van der Waals surface area contributed by atoms with Gasteiger partial charge in [0.25, 0.3) is 0 Å². The van der Waals surface area contributed by atoms with Crippen molar-refractivity contribution in [2.24, 2.45) is 5.18 Å². The largest absolute Gasteiger partial charge is 0.454 e. The number of fused-ring (bicyclic) bond motifs is 1. The number of aliphatic hydroxyl groups excluding tert-OH is 2. The summed E-state index contributed by atoms with van der Waals surface area (Å²) in [4.78, 5) is 21.5. The molecule has 0 radical (unpaired) electrons. The third kappa shape index (κ3) is 0.941. The van der Waals surface area contributed by atoms with E-state index in [-0.39, 0.29) is 0 Å². The Bertz CT molecular complexity index is 294. The zero-order valence-corrected chi connectivity index (χ0v) is 7.28. The first-order valence-electron chi connectivity index (χ1n) is 4.07. The van der Waals surface area contributed by atoms with E-state index in [1.54, 1.807) is 0 Å². The van der Waals surface area contributed by atoms with Gasteiger partial charge in [0.15, 0.2) is 12.4 Å². The Kier molecular flexibility index (Phi) is 1.85. The van der Waals surface area contributed by atoms with Crippen molar-refractivity contribution < 1.29 is 24.5 Å². The molecule has 5 atom stereocenters. The molecule has 78 valence electrons. The summed E-state index contributed by atoms with van der Waals surface area (Å²) in [5.74, 6) is -0.835. The molecule has 2 N–H and O–H groups in total. The molecule has 7 nitrogen and oxygen atoms in total. The molecule has 0 aromatic rings. The molecule has 0 aromatic heterocycles. The van der Waals surface area contributed by atoms with E-state index in [1.165, 1.54) is 6.92 Å². The Morgan fingerprint density at radius 3 is 2.71 bits per heavy atom. The van der Waals surface area contributed by atoms with E-state index in [4.69, 9.17) is 14.6 Å². The second-order valence-electron chi connectivity index (χ2n) is 3.55. The van der Waals surface area contributed by atoms with E-state index in [0.29, 0.717) is 0 Å². The molecule has 0 spiro atoms. The quantitative estimate of drug-likeness (QED) is 0.397. The maximum absolute atomic E-state index is 11.1. The third-order valence-corrected chi connectivity index (χ3v) is 2.66. The van der Waals surface area contributed by atoms with Gasteiger partial charge in [-0.25, -0.2) is 4.79 Å². The van der Waals surface area contributed by atoms with Gasteiger partial charge in [-0.1, -0.05) is 5.18 Å². The van der Waals surface area contributed by atoms with E-state index in [0.717, 1.165) is 0 Å². The fraction of sp³-hybridized carbons (Fsp3) is 0.857. The molecule has 2 aliphatic rings. The van der Waals surface area contributed by atoms with Crippen molar-refractivity contribution in [1.29, 1.82) is 0 Å². The normalized spacial score (nSPS) is 51.5. The summed E-state index contributed by atoms with van der Waals surface area (Å²) in [6, 6.07) is -1.33. The average molecular weight is 203 g/mol. The van der Waals surface area contributed by atoms with Crippen molar-refractivity contribution in [3.05, 3.63) is 4.91 Å². The average Bonchev–Trinajstić information content (AvgIpc) is 2.46. The van der Waals surface area contributed by atoms with Crippen LogP contribution in [0.25, 0.3) is 0 Å². The van der Waals surface area contributed by atoms with Crippen LogP contribution in [-0.2, 0) is 14.3 Å². The number of rotatable bonds is 1. The fourth-order valence-corrected chi connectivity index (χ4v) is 1.86. The Balaban J connectivity index is 2.36. The van der Waals surface area contributed by atoms with Crippen LogP contribution in [0.1, 0.15) is 6.92 Å². The topological polar surface area (TPSA) is 105 Å². The number of nitroso groups, excluding NO2 is 1. The molecule has 14 heavy (non-hydrogen) atoms. The number of hydrogen-bond acceptors (Lipinski definition) is 7. The monoisotopic (exact) mass is 203 g/mol. The van der Waals surface area contributed by atoms with Gasteiger partial charge in [0.1, 0.15) is 11.7 Å². The van der Waals surface area contributed by atoms with Crippen molar-refractivity contribution in [2.45, 2.75) is 37.1 Å². The first kappa shape index (κ1) is 9.50. The molecule has 2 heterocycles. The zero-order chi connectivity index (χ0) is 10.5. The van der Waals surface area contributed by atoms with Crippen LogP contribution in [0.2, 0.25) is 0 Å². The van der Waals surface area contributed by atoms with E-state index >= 15 is 0 Å². The van der Waals surface area contributed by atoms with Crippen LogP contribution in [-0.4, -0.2) is 46.3 Å². The number of hydrogen-bond donors (Lipinski definition) is 2. The molecule has 4 unspecified atom stereocenters. The minimum atomic E-state index is -1.46. The van der Waals surface area contributed by atoms with Crippen molar-refractivity contribution >= 4 is 5.97 Å². The highest BCUT2D eigenvalue weighted by atomic mass is 16.7. The van der Waals surface area contributed by atoms with E-state index < -0.39 is 36.1 Å². The summed E-state index contributed by atoms with van der Waals surface area (Å²) < 4.78 is 9.63. The number of carbonyl (C=O) groups is 1. The molecule has 0 aromatic carbocycles. The van der Waals surface area contributed by atoms with Crippen LogP contribution in [0.15, 0.2) is 5.18 Å². The Morgan fingerprint density at radius 2 is 2.14 bits per heavy atom. The first-order valence-corrected chi connectivity index (χ1v) is 4.07. The second-order valence-corrected chi connectivity index (χ2v) is 3.55. The van der Waals surface area contributed by atoms with Crippen molar-refractivity contribution in [2.75, 3.05) is 0 Å². The van der Waals surface area contributed by atoms with E-state index in [2.05, 4.69) is 5.18 Å². The van der Waals surface area contributed by atoms with Gasteiger partial charge < -0.3 is 19.7 Å². The first-order chi connectivity index (χ1) is 6.50. The van der Waals surface area contributed by atoms with Crippen LogP contribution in [0, 0.1) is 4.91 Å². The lowest BCUT2D eigenvalue weighted by Crippen LogP contribution is -2.43. The Hall–Kier alpha value is -1.05. The maximum atomic E-state index is 11.1. The molecule has 0 bridgehead atoms. The van der Waals surface area contributed by atoms with Gasteiger partial charge in [0.2, 0.25) is 6.04 Å². The predicted octanol–water partition coefficient (Wildman–Crippen LogP) is -1.48. The molecule has 0 saturated carbocycles. The number of ether oxygens (including phenoxy) is 2. The molecule has 2 rings (SSSR count). The number of esters is 1. The van der Waals surface area contributed by atoms with Gasteiger partial charge in [-0.2, -0.15) is 0 Å². The van der Waals surface area contributed by atoms with E-state index in [9.17, 15) is 14.8 Å². The van der Waals surface area contributed by atoms with Gasteiger partial charge in [-0.3, -0.25) is 0 Å². The van der Waals surface area contributed by atoms with Crippen LogP contribution in [0.4, 0.5) is 0 Å². The highest BCUT2D eigenvalue weighted by Gasteiger charge is 2.66. The SMILES string of the molecule is CC12OC(O)C(O)C1OC(=O)[C@@H]2N=O. The lowest BCUT2D eigenvalue weighted by atomic mass is 9.93. The van der Waals surface area contributed by atoms with Crippen molar-refractivity contribution in [3.8, 4) is 0 Å². The summed E-state index contributed by atoms with van der Waals surface area (Å²) in [5, 5.41) is 21.1. The lowest BCUT2D eigenvalue weighted by molar-refractivity contribution is -0.165. The minimum absolute atomic E-state index is 0.835. The van der Waals surface area contributed by atoms with Crippen molar-refractivity contribution in [1.82, 2.24) is 0 Å². The van der Waals surface area contributed by atoms with E-state index in [1.807, 2.05) is 0 Å². The predicted molar refractivity (Wildman–Crippen MR) is 41.0 cm³/mol. The molecule has 2 aliphatic heterocycles. The van der Waals surface area contributed by atoms with Crippen molar-refractivity contribution in [3.63, 3.8) is 0 Å². The smallest absolute Gasteiger partial charge is 0.338 e. The van der Waals surface area contributed by atoms with Gasteiger partial charge in [-0.05, 0) is 6.92 Å². The molecule has 2 saturated heterocycles. The molecule has 7 heteroatoms. The van der Waals surface area contributed by atoms with Gasteiger partial charge in [-0.15, -0.1) is 4.91 Å². The number of nitrogens with zero attached hydrogens (tertiary/aromatic N) is 1. The van der Waals surface area contributed by atoms with Gasteiger partial charge in [0, 0.05) is 0 Å². The summed E-state index contributed by atoms with van der Waals surface area (Å²) in [6.07, 6.45) is -3.83. The highest BCUT2D eigenvalue weighted by molar-refractivity contribution is 5.81. The Morgan fingerprint density at radius 1 is 1.50 bits per heavy atom. The van der Waals surface area contributed by atoms with Gasteiger partial charge in [0.05, 0.1) is 0 Å². The number of aliphatic hydroxyl groups is 2. The molecule has 0 amide bonds. The second kappa shape index (κ2) is 2.72. The molecular weight excluding hydrogens is 194 g/mol. The van der Waals surface area contributed by atoms with Crippen LogP contribution >= 0.6 is 0 Å². The zero-order valence-electron chi connectivity index (χ0n) is 7.28. The van der Waals surface area contributed by atoms with Crippen LogP contribution in [0.3, 0.4) is 0 Å². The minimum Gasteiger partial charge on any atom is -0.454 e. The van der Waals surface area contributed by atoms with Crippen LogP contribution in [0.5, 0.6) is 0 Å². The highest BCUT2D eigenvalue weighted by Crippen LogP contribution is 2.41. The molecule has 0 aliphatic carbocycles. The molecule has 2 fully saturated rings. The lowest BCUT2D eigenvalue weighted by Gasteiger charge is -2.21. The van der Waals surface area contributed by atoms with Gasteiger partial charge >= 0.3 is 5.97 Å². The summed E-state index contributed by atoms with van der Waals surface area (Å²) in [6.45, 7) is 1.40.